The van der Waals surface area contributed by atoms with Gasteiger partial charge in [-0.2, -0.15) is 0 Å². The minimum Gasteiger partial charge on any atom is -0.393 e. The molecule has 0 saturated carbocycles. The highest BCUT2D eigenvalue weighted by atomic mass is 28.3. The van der Waals surface area contributed by atoms with Crippen LogP contribution in [0.25, 0.3) is 0 Å². The van der Waals surface area contributed by atoms with Crippen molar-refractivity contribution in [2.24, 2.45) is 0 Å². The van der Waals surface area contributed by atoms with Gasteiger partial charge in [-0.15, -0.1) is 0 Å². The van der Waals surface area contributed by atoms with Crippen LogP contribution in [0.3, 0.4) is 0 Å². The van der Waals surface area contributed by atoms with E-state index in [2.05, 4.69) is 20.8 Å². The third-order valence-corrected chi connectivity index (χ3v) is 13.7. The first-order valence-electron chi connectivity index (χ1n) is 12.4. The van der Waals surface area contributed by atoms with Crippen molar-refractivity contribution in [3.8, 4) is 0 Å². The van der Waals surface area contributed by atoms with Gasteiger partial charge in [-0.25, -0.2) is 0 Å². The number of carbonyl (C=O) groups is 1. The Hall–Kier alpha value is -2.61. The van der Waals surface area contributed by atoms with Crippen LogP contribution in [0.1, 0.15) is 43.1 Å². The maximum absolute atomic E-state index is 13.9. The van der Waals surface area contributed by atoms with Crippen molar-refractivity contribution in [2.75, 3.05) is 7.11 Å². The van der Waals surface area contributed by atoms with Crippen molar-refractivity contribution in [3.63, 3.8) is 0 Å². The van der Waals surface area contributed by atoms with Gasteiger partial charge >= 0.3 is 0 Å². The van der Waals surface area contributed by atoms with Gasteiger partial charge < -0.3 is 19.7 Å². The first-order valence-corrected chi connectivity index (χ1v) is 14.4. The summed E-state index contributed by atoms with van der Waals surface area (Å²) >= 11 is 0. The normalized spacial score (nSPS) is 23.4. The van der Waals surface area contributed by atoms with E-state index >= 15 is 0 Å². The maximum Gasteiger partial charge on any atom is 0.197 e. The average Bonchev–Trinajstić information content (AvgIpc) is 3.22. The van der Waals surface area contributed by atoms with Crippen LogP contribution in [0, 0.1) is 6.92 Å². The topological polar surface area (TPSA) is 76.0 Å². The number of ether oxygens (including phenoxy) is 2. The van der Waals surface area contributed by atoms with Crippen LogP contribution >= 0.6 is 0 Å². The lowest BCUT2D eigenvalue weighted by Gasteiger charge is -2.50. The molecule has 6 heteroatoms. The molecular weight excluding hydrogens is 468 g/mol. The monoisotopic (exact) mass is 504 g/mol. The van der Waals surface area contributed by atoms with Crippen LogP contribution in [0.5, 0.6) is 0 Å². The second-order valence-corrected chi connectivity index (χ2v) is 15.6. The van der Waals surface area contributed by atoms with Crippen LogP contribution in [0.15, 0.2) is 84.9 Å². The third-order valence-electron chi connectivity index (χ3n) is 7.66. The molecule has 0 amide bonds. The first-order chi connectivity index (χ1) is 17.1. The molecule has 1 aliphatic heterocycles. The SMILES string of the molecule is CO[C@@H]1C[C@@](O)(C(=O)c2ccccc2C)[C@@H](C(O)[Si](c2ccccc2)(c2ccccc2)C(C)(C)C)O1. The largest absolute Gasteiger partial charge is 0.393 e. The molecule has 4 rings (SSSR count). The molecule has 4 atom stereocenters. The van der Waals surface area contributed by atoms with Gasteiger partial charge in [-0.1, -0.05) is 116 Å². The number of rotatable bonds is 7. The predicted octanol–water partition coefficient (Wildman–Crippen LogP) is 3.63. The Morgan fingerprint density at radius 1 is 0.972 bits per heavy atom. The molecule has 1 heterocycles. The number of hydrogen-bond acceptors (Lipinski definition) is 5. The van der Waals surface area contributed by atoms with E-state index in [0.717, 1.165) is 15.9 Å². The lowest BCUT2D eigenvalue weighted by molar-refractivity contribution is -0.139. The quantitative estimate of drug-likeness (QED) is 0.380. The van der Waals surface area contributed by atoms with E-state index in [4.69, 9.17) is 9.47 Å². The molecule has 5 nitrogen and oxygen atoms in total. The van der Waals surface area contributed by atoms with E-state index in [0.29, 0.717) is 5.56 Å². The van der Waals surface area contributed by atoms with E-state index < -0.39 is 42.6 Å². The molecule has 0 radical (unpaired) electrons. The number of aliphatic hydroxyl groups excluding tert-OH is 1. The molecule has 0 spiro atoms. The van der Waals surface area contributed by atoms with Gasteiger partial charge in [0.05, 0.1) is 5.73 Å². The highest BCUT2D eigenvalue weighted by Gasteiger charge is 2.64. The van der Waals surface area contributed by atoms with Gasteiger partial charge in [0, 0.05) is 19.1 Å². The Bertz CT molecular complexity index is 1150. The summed E-state index contributed by atoms with van der Waals surface area (Å²) in [7, 11) is -1.66. The highest BCUT2D eigenvalue weighted by Crippen LogP contribution is 2.45. The summed E-state index contributed by atoms with van der Waals surface area (Å²) in [6, 6.07) is 27.1. The number of aliphatic hydroxyl groups is 2. The van der Waals surface area contributed by atoms with Crippen molar-refractivity contribution in [2.45, 2.75) is 62.9 Å². The van der Waals surface area contributed by atoms with Crippen LogP contribution in [0.2, 0.25) is 5.04 Å². The number of methoxy groups -OCH3 is 1. The van der Waals surface area contributed by atoms with Crippen molar-refractivity contribution in [3.05, 3.63) is 96.1 Å². The third kappa shape index (κ3) is 4.27. The van der Waals surface area contributed by atoms with Gasteiger partial charge in [-0.3, -0.25) is 4.79 Å². The van der Waals surface area contributed by atoms with E-state index in [-0.39, 0.29) is 6.42 Å². The number of ketones is 1. The number of hydrogen-bond donors (Lipinski definition) is 2. The van der Waals surface area contributed by atoms with Crippen molar-refractivity contribution in [1.82, 2.24) is 0 Å². The van der Waals surface area contributed by atoms with Crippen LogP contribution in [-0.2, 0) is 9.47 Å². The summed E-state index contributed by atoms with van der Waals surface area (Å²) in [6.45, 7) is 8.20. The van der Waals surface area contributed by atoms with Crippen LogP contribution < -0.4 is 10.4 Å². The molecular formula is C30H36O5Si. The van der Waals surface area contributed by atoms with Crippen LogP contribution in [0.4, 0.5) is 0 Å². The molecule has 1 fully saturated rings. The van der Waals surface area contributed by atoms with E-state index in [1.54, 1.807) is 12.1 Å². The Kier molecular flexibility index (Phi) is 7.37. The zero-order chi connectivity index (χ0) is 26.1. The molecule has 3 aromatic rings. The predicted molar refractivity (Wildman–Crippen MR) is 144 cm³/mol. The highest BCUT2D eigenvalue weighted by molar-refractivity contribution is 7.05. The summed E-state index contributed by atoms with van der Waals surface area (Å²) in [5, 5.41) is 26.2. The second-order valence-electron chi connectivity index (χ2n) is 10.7. The number of Topliss-reactive ketones (excluding diaryl/α,β-unsaturated/α-hetero) is 1. The van der Waals surface area contributed by atoms with Gasteiger partial charge in [0.2, 0.25) is 0 Å². The summed E-state index contributed by atoms with van der Waals surface area (Å²) in [4.78, 5) is 13.9. The zero-order valence-corrected chi connectivity index (χ0v) is 22.6. The van der Waals surface area contributed by atoms with Crippen molar-refractivity contribution in [1.29, 1.82) is 0 Å². The Balaban J connectivity index is 1.94. The molecule has 190 valence electrons. The number of aryl methyl sites for hydroxylation is 1. The molecule has 3 aromatic carbocycles. The van der Waals surface area contributed by atoms with Gasteiger partial charge in [-0.05, 0) is 17.5 Å². The lowest BCUT2D eigenvalue weighted by atomic mass is 9.85. The first kappa shape index (κ1) is 26.4. The maximum atomic E-state index is 13.9. The smallest absolute Gasteiger partial charge is 0.197 e. The average molecular weight is 505 g/mol. The number of benzene rings is 3. The summed E-state index contributed by atoms with van der Waals surface area (Å²) in [5.74, 6) is -0.456. The molecule has 0 aromatic heterocycles. The van der Waals surface area contributed by atoms with Crippen molar-refractivity contribution >= 4 is 24.2 Å². The van der Waals surface area contributed by atoms with E-state index in [1.807, 2.05) is 79.7 Å². The molecule has 0 bridgehead atoms. The van der Waals surface area contributed by atoms with E-state index in [1.165, 1.54) is 7.11 Å². The second kappa shape index (κ2) is 10.0. The Morgan fingerprint density at radius 3 is 1.94 bits per heavy atom. The molecule has 0 aliphatic carbocycles. The minimum absolute atomic E-state index is 0.0589. The molecule has 1 aliphatic rings. The molecule has 1 unspecified atom stereocenters. The van der Waals surface area contributed by atoms with Gasteiger partial charge in [0.1, 0.15) is 6.10 Å². The molecule has 36 heavy (non-hydrogen) atoms. The Labute approximate surface area is 214 Å². The fourth-order valence-electron chi connectivity index (χ4n) is 5.90. The minimum atomic E-state index is -3.15. The summed E-state index contributed by atoms with van der Waals surface area (Å²) < 4.78 is 11.7. The van der Waals surface area contributed by atoms with Crippen LogP contribution in [-0.4, -0.2) is 54.9 Å². The van der Waals surface area contributed by atoms with Gasteiger partial charge in [0.25, 0.3) is 0 Å². The fraction of sp³-hybridized carbons (Fsp3) is 0.367. The molecule has 2 N–H and O–H groups in total. The number of carbonyl (C=O) groups excluding carboxylic acids is 1. The van der Waals surface area contributed by atoms with Crippen molar-refractivity contribution < 1.29 is 24.5 Å². The van der Waals surface area contributed by atoms with Gasteiger partial charge in [0.15, 0.2) is 25.7 Å². The lowest BCUT2D eigenvalue weighted by Crippen LogP contribution is -2.76. The Morgan fingerprint density at radius 2 is 1.47 bits per heavy atom. The fourth-order valence-corrected chi connectivity index (χ4v) is 11.8. The summed E-state index contributed by atoms with van der Waals surface area (Å²) in [5.41, 5.74) is -1.94. The van der Waals surface area contributed by atoms with E-state index in [9.17, 15) is 15.0 Å². The standard InChI is InChI=1S/C30H36O5Si/c1-21-14-12-13-19-24(21)26(31)30(33)20-25(34-5)35-27(30)28(32)36(29(2,3)4,22-15-8-6-9-16-22)23-17-10-7-11-18-23/h6-19,25,27-28,32-33H,20H2,1-5H3/t25-,27+,28?,30+/m0/s1. The summed E-state index contributed by atoms with van der Waals surface area (Å²) in [6.07, 6.45) is -2.06. The zero-order valence-electron chi connectivity index (χ0n) is 21.6. The molecule has 1 saturated heterocycles.